The SMILES string of the molecule is C=C(C)C(O)CC(C)c1ccccc1. The van der Waals surface area contributed by atoms with E-state index in [1.165, 1.54) is 5.56 Å². The summed E-state index contributed by atoms with van der Waals surface area (Å²) < 4.78 is 0. The van der Waals surface area contributed by atoms with Gasteiger partial charge in [-0.05, 0) is 24.8 Å². The van der Waals surface area contributed by atoms with Crippen LogP contribution >= 0.6 is 0 Å². The first kappa shape index (κ1) is 11.0. The van der Waals surface area contributed by atoms with Crippen molar-refractivity contribution in [2.75, 3.05) is 0 Å². The maximum absolute atomic E-state index is 9.66. The van der Waals surface area contributed by atoms with Crippen LogP contribution in [0.25, 0.3) is 0 Å². The van der Waals surface area contributed by atoms with Gasteiger partial charge in [0.25, 0.3) is 0 Å². The average molecular weight is 190 g/mol. The molecular formula is C13H18O. The van der Waals surface area contributed by atoms with E-state index in [1.54, 1.807) is 0 Å². The Kier molecular flexibility index (Phi) is 3.90. The quantitative estimate of drug-likeness (QED) is 0.723. The van der Waals surface area contributed by atoms with Crippen LogP contribution in [0.3, 0.4) is 0 Å². The normalized spacial score (nSPS) is 14.8. The third kappa shape index (κ3) is 3.00. The maximum atomic E-state index is 9.66. The van der Waals surface area contributed by atoms with Crippen LogP contribution in [-0.4, -0.2) is 11.2 Å². The van der Waals surface area contributed by atoms with Crippen molar-refractivity contribution in [1.29, 1.82) is 0 Å². The third-order valence-electron chi connectivity index (χ3n) is 2.51. The van der Waals surface area contributed by atoms with E-state index in [9.17, 15) is 5.11 Å². The van der Waals surface area contributed by atoms with Gasteiger partial charge >= 0.3 is 0 Å². The number of aliphatic hydroxyl groups is 1. The monoisotopic (exact) mass is 190 g/mol. The van der Waals surface area contributed by atoms with Crippen LogP contribution in [-0.2, 0) is 0 Å². The van der Waals surface area contributed by atoms with Crippen LogP contribution in [0.2, 0.25) is 0 Å². The van der Waals surface area contributed by atoms with Gasteiger partial charge in [-0.15, -0.1) is 0 Å². The Labute approximate surface area is 86.1 Å². The van der Waals surface area contributed by atoms with E-state index < -0.39 is 0 Å². The molecular weight excluding hydrogens is 172 g/mol. The topological polar surface area (TPSA) is 20.2 Å². The van der Waals surface area contributed by atoms with E-state index in [0.29, 0.717) is 5.92 Å². The van der Waals surface area contributed by atoms with Gasteiger partial charge in [0, 0.05) is 0 Å². The van der Waals surface area contributed by atoms with Crippen LogP contribution in [0.15, 0.2) is 42.5 Å². The first-order chi connectivity index (χ1) is 6.61. The molecule has 0 bridgehead atoms. The summed E-state index contributed by atoms with van der Waals surface area (Å²) in [5.41, 5.74) is 2.11. The molecule has 76 valence electrons. The highest BCUT2D eigenvalue weighted by Gasteiger charge is 2.11. The van der Waals surface area contributed by atoms with Crippen molar-refractivity contribution in [3.05, 3.63) is 48.0 Å². The van der Waals surface area contributed by atoms with E-state index in [-0.39, 0.29) is 6.10 Å². The number of benzene rings is 1. The first-order valence-electron chi connectivity index (χ1n) is 4.99. The molecule has 0 spiro atoms. The van der Waals surface area contributed by atoms with E-state index in [1.807, 2.05) is 25.1 Å². The fourth-order valence-electron chi connectivity index (χ4n) is 1.45. The lowest BCUT2D eigenvalue weighted by Gasteiger charge is -2.16. The second kappa shape index (κ2) is 4.97. The number of rotatable bonds is 4. The van der Waals surface area contributed by atoms with Crippen molar-refractivity contribution in [2.24, 2.45) is 0 Å². The van der Waals surface area contributed by atoms with Gasteiger partial charge in [0.1, 0.15) is 0 Å². The molecule has 0 aliphatic rings. The molecule has 0 aromatic heterocycles. The van der Waals surface area contributed by atoms with Crippen LogP contribution in [0.4, 0.5) is 0 Å². The molecule has 14 heavy (non-hydrogen) atoms. The summed E-state index contributed by atoms with van der Waals surface area (Å²) in [6.45, 7) is 7.74. The summed E-state index contributed by atoms with van der Waals surface area (Å²) in [5, 5.41) is 9.66. The van der Waals surface area contributed by atoms with E-state index in [0.717, 1.165) is 12.0 Å². The molecule has 2 atom stereocenters. The predicted octanol–water partition coefficient (Wildman–Crippen LogP) is 3.12. The lowest BCUT2D eigenvalue weighted by atomic mass is 9.93. The molecule has 0 aliphatic heterocycles. The van der Waals surface area contributed by atoms with Crippen LogP contribution < -0.4 is 0 Å². The zero-order chi connectivity index (χ0) is 10.6. The highest BCUT2D eigenvalue weighted by atomic mass is 16.3. The van der Waals surface area contributed by atoms with Crippen molar-refractivity contribution < 1.29 is 5.11 Å². The second-order valence-corrected chi connectivity index (χ2v) is 3.91. The molecule has 1 N–H and O–H groups in total. The Balaban J connectivity index is 2.59. The Morgan fingerprint density at radius 2 is 1.93 bits per heavy atom. The Morgan fingerprint density at radius 3 is 2.43 bits per heavy atom. The summed E-state index contributed by atoms with van der Waals surface area (Å²) in [5.74, 6) is 0.378. The molecule has 1 aromatic carbocycles. The second-order valence-electron chi connectivity index (χ2n) is 3.91. The fraction of sp³-hybridized carbons (Fsp3) is 0.385. The molecule has 0 aliphatic carbocycles. The Bertz CT molecular complexity index is 289. The zero-order valence-electron chi connectivity index (χ0n) is 8.90. The van der Waals surface area contributed by atoms with E-state index in [4.69, 9.17) is 0 Å². The van der Waals surface area contributed by atoms with Gasteiger partial charge in [0.05, 0.1) is 6.10 Å². The molecule has 0 saturated carbocycles. The minimum Gasteiger partial charge on any atom is -0.389 e. The molecule has 1 nitrogen and oxygen atoms in total. The highest BCUT2D eigenvalue weighted by Crippen LogP contribution is 2.22. The van der Waals surface area contributed by atoms with Gasteiger partial charge < -0.3 is 5.11 Å². The van der Waals surface area contributed by atoms with Crippen LogP contribution in [0.5, 0.6) is 0 Å². The Morgan fingerprint density at radius 1 is 1.36 bits per heavy atom. The number of aliphatic hydroxyl groups excluding tert-OH is 1. The molecule has 0 saturated heterocycles. The minimum atomic E-state index is -0.384. The molecule has 0 radical (unpaired) electrons. The highest BCUT2D eigenvalue weighted by molar-refractivity contribution is 5.19. The van der Waals surface area contributed by atoms with Gasteiger partial charge in [0.2, 0.25) is 0 Å². The molecule has 0 amide bonds. The van der Waals surface area contributed by atoms with Crippen molar-refractivity contribution >= 4 is 0 Å². The molecule has 1 aromatic rings. The lowest BCUT2D eigenvalue weighted by Crippen LogP contribution is -2.11. The van der Waals surface area contributed by atoms with Gasteiger partial charge in [-0.2, -0.15) is 0 Å². The molecule has 2 unspecified atom stereocenters. The van der Waals surface area contributed by atoms with Gasteiger partial charge in [-0.1, -0.05) is 49.4 Å². The fourth-order valence-corrected chi connectivity index (χ4v) is 1.45. The summed E-state index contributed by atoms with van der Waals surface area (Å²) >= 11 is 0. The van der Waals surface area contributed by atoms with E-state index >= 15 is 0 Å². The Hall–Kier alpha value is -1.08. The largest absolute Gasteiger partial charge is 0.389 e. The minimum absolute atomic E-state index is 0.378. The summed E-state index contributed by atoms with van der Waals surface area (Å²) in [6.07, 6.45) is 0.365. The van der Waals surface area contributed by atoms with Crippen LogP contribution in [0, 0.1) is 0 Å². The summed E-state index contributed by atoms with van der Waals surface area (Å²) in [6, 6.07) is 10.2. The van der Waals surface area contributed by atoms with Crippen LogP contribution in [0.1, 0.15) is 31.7 Å². The van der Waals surface area contributed by atoms with E-state index in [2.05, 4.69) is 25.6 Å². The number of hydrogen-bond donors (Lipinski definition) is 1. The summed E-state index contributed by atoms with van der Waals surface area (Å²) in [7, 11) is 0. The zero-order valence-corrected chi connectivity index (χ0v) is 8.90. The predicted molar refractivity (Wildman–Crippen MR) is 60.3 cm³/mol. The first-order valence-corrected chi connectivity index (χ1v) is 4.99. The number of hydrogen-bond acceptors (Lipinski definition) is 1. The summed E-state index contributed by atoms with van der Waals surface area (Å²) in [4.78, 5) is 0. The average Bonchev–Trinajstić information content (AvgIpc) is 2.19. The molecule has 1 rings (SSSR count). The molecule has 0 heterocycles. The maximum Gasteiger partial charge on any atom is 0.0750 e. The van der Waals surface area contributed by atoms with Gasteiger partial charge in [0.15, 0.2) is 0 Å². The third-order valence-corrected chi connectivity index (χ3v) is 2.51. The van der Waals surface area contributed by atoms with Crippen molar-refractivity contribution in [3.63, 3.8) is 0 Å². The van der Waals surface area contributed by atoms with Crippen molar-refractivity contribution in [3.8, 4) is 0 Å². The van der Waals surface area contributed by atoms with Crippen molar-refractivity contribution in [2.45, 2.75) is 32.3 Å². The smallest absolute Gasteiger partial charge is 0.0750 e. The lowest BCUT2D eigenvalue weighted by molar-refractivity contribution is 0.192. The molecule has 1 heteroatoms. The van der Waals surface area contributed by atoms with Gasteiger partial charge in [-0.25, -0.2) is 0 Å². The standard InChI is InChI=1S/C13H18O/c1-10(2)13(14)9-11(3)12-7-5-4-6-8-12/h4-8,11,13-14H,1,9H2,2-3H3. The van der Waals surface area contributed by atoms with Gasteiger partial charge in [-0.3, -0.25) is 0 Å². The van der Waals surface area contributed by atoms with Crippen molar-refractivity contribution in [1.82, 2.24) is 0 Å². The molecule has 0 fully saturated rings.